The fourth-order valence-corrected chi connectivity index (χ4v) is 7.19. The van der Waals surface area contributed by atoms with Gasteiger partial charge in [0.2, 0.25) is 0 Å². The minimum Gasteiger partial charge on any atom is -0.355 e. The van der Waals surface area contributed by atoms with Crippen molar-refractivity contribution >= 4 is 68.4 Å². The van der Waals surface area contributed by atoms with Gasteiger partial charge in [0.15, 0.2) is 7.28 Å². The molecule has 221 valence electrons. The summed E-state index contributed by atoms with van der Waals surface area (Å²) in [5.74, 6) is 0. The Morgan fingerprint density at radius 2 is 1.21 bits per heavy atom. The van der Waals surface area contributed by atoms with Gasteiger partial charge in [0.05, 0.1) is 5.52 Å². The molecule has 1 radical (unpaired) electrons. The molecule has 1 aliphatic rings. The Kier molecular flexibility index (Phi) is 6.46. The third-order valence-corrected chi connectivity index (χ3v) is 9.20. The number of hydrogen-bond donors (Lipinski definition) is 1. The van der Waals surface area contributed by atoms with Gasteiger partial charge in [0, 0.05) is 56.0 Å². The Morgan fingerprint density at radius 1 is 0.553 bits per heavy atom. The number of nitrogens with one attached hydrogen (secondary N) is 1. The van der Waals surface area contributed by atoms with Crippen LogP contribution in [0.5, 0.6) is 0 Å². The van der Waals surface area contributed by atoms with Crippen LogP contribution in [0.25, 0.3) is 38.6 Å². The number of rotatable bonds is 6. The third-order valence-electron chi connectivity index (χ3n) is 9.20. The molecule has 9 rings (SSSR count). The summed E-state index contributed by atoms with van der Waals surface area (Å²) in [7, 11) is 2.38. The van der Waals surface area contributed by atoms with Crippen LogP contribution in [-0.4, -0.2) is 11.8 Å². The molecular formula is C43H31BN3. The van der Waals surface area contributed by atoms with Crippen molar-refractivity contribution < 1.29 is 0 Å². The second-order valence-corrected chi connectivity index (χ2v) is 12.2. The number of aryl methyl sites for hydroxylation is 1. The maximum absolute atomic E-state index is 3.81. The highest BCUT2D eigenvalue weighted by Gasteiger charge is 2.26. The van der Waals surface area contributed by atoms with Crippen LogP contribution in [0.15, 0.2) is 164 Å². The van der Waals surface area contributed by atoms with Crippen molar-refractivity contribution in [2.75, 3.05) is 10.2 Å². The van der Waals surface area contributed by atoms with Gasteiger partial charge in [-0.2, -0.15) is 0 Å². The van der Waals surface area contributed by atoms with Crippen molar-refractivity contribution in [1.29, 1.82) is 0 Å². The molecule has 7 aromatic carbocycles. The van der Waals surface area contributed by atoms with Gasteiger partial charge < -0.3 is 14.8 Å². The van der Waals surface area contributed by atoms with Crippen molar-refractivity contribution in [3.63, 3.8) is 0 Å². The highest BCUT2D eigenvalue weighted by Crippen LogP contribution is 2.41. The van der Waals surface area contributed by atoms with E-state index >= 15 is 0 Å². The van der Waals surface area contributed by atoms with Crippen LogP contribution in [-0.2, 0) is 0 Å². The zero-order valence-corrected chi connectivity index (χ0v) is 26.1. The standard InChI is InChI=1S/C43H31BN3/c1-29-26-37(42-41(27-29)47-40-23-12-11-20-35(40)36-21-13-22-38(44-42)43(36)47)34-25-24-33(28-39(34)45-30-14-5-2-6-15-30)46(31-16-7-3-8-17-31)32-18-9-4-10-19-32/h2-28,45H,1H3. The molecule has 3 nitrogen and oxygen atoms in total. The van der Waals surface area contributed by atoms with Crippen LogP contribution in [0.3, 0.4) is 0 Å². The number of nitrogens with zero attached hydrogens (tertiary/aromatic N) is 2. The molecule has 0 unspecified atom stereocenters. The minimum absolute atomic E-state index is 1.05. The number of benzene rings is 7. The van der Waals surface area contributed by atoms with E-state index in [1.165, 1.54) is 49.5 Å². The van der Waals surface area contributed by atoms with Gasteiger partial charge in [-0.3, -0.25) is 0 Å². The van der Waals surface area contributed by atoms with Crippen molar-refractivity contribution in [2.24, 2.45) is 0 Å². The number of fused-ring (bicyclic) bond motifs is 5. The van der Waals surface area contributed by atoms with E-state index in [0.29, 0.717) is 0 Å². The molecule has 0 aliphatic carbocycles. The number of hydrogen-bond acceptors (Lipinski definition) is 2. The first-order valence-corrected chi connectivity index (χ1v) is 16.1. The van der Waals surface area contributed by atoms with Crippen LogP contribution in [0.1, 0.15) is 5.56 Å². The monoisotopic (exact) mass is 600 g/mol. The van der Waals surface area contributed by atoms with Gasteiger partial charge in [0.25, 0.3) is 0 Å². The smallest absolute Gasteiger partial charge is 0.197 e. The maximum atomic E-state index is 3.81. The van der Waals surface area contributed by atoms with E-state index in [1.54, 1.807) is 0 Å². The molecule has 2 heterocycles. The second-order valence-electron chi connectivity index (χ2n) is 12.2. The fraction of sp³-hybridized carbons (Fsp3) is 0.0233. The Hall–Kier alpha value is -6.00. The molecule has 1 aliphatic heterocycles. The average Bonchev–Trinajstić information content (AvgIpc) is 3.46. The zero-order chi connectivity index (χ0) is 31.3. The van der Waals surface area contributed by atoms with Crippen LogP contribution in [0.4, 0.5) is 28.4 Å². The summed E-state index contributed by atoms with van der Waals surface area (Å²) in [5.41, 5.74) is 15.2. The highest BCUT2D eigenvalue weighted by atomic mass is 15.1. The molecule has 8 aromatic rings. The number of para-hydroxylation sites is 5. The third kappa shape index (κ3) is 4.61. The molecule has 0 saturated carbocycles. The van der Waals surface area contributed by atoms with Gasteiger partial charge in [-0.15, -0.1) is 0 Å². The zero-order valence-electron chi connectivity index (χ0n) is 26.1. The van der Waals surface area contributed by atoms with Crippen LogP contribution in [0.2, 0.25) is 0 Å². The van der Waals surface area contributed by atoms with Gasteiger partial charge in [0.1, 0.15) is 0 Å². The minimum atomic E-state index is 1.05. The van der Waals surface area contributed by atoms with E-state index in [9.17, 15) is 0 Å². The van der Waals surface area contributed by atoms with Crippen molar-refractivity contribution in [3.05, 3.63) is 169 Å². The molecule has 4 heteroatoms. The van der Waals surface area contributed by atoms with Crippen molar-refractivity contribution in [3.8, 4) is 16.8 Å². The Bertz CT molecular complexity index is 2380. The van der Waals surface area contributed by atoms with Crippen LogP contribution >= 0.6 is 0 Å². The number of aromatic nitrogens is 1. The molecule has 47 heavy (non-hydrogen) atoms. The lowest BCUT2D eigenvalue weighted by atomic mass is 9.59. The molecule has 1 aromatic heterocycles. The number of anilines is 5. The van der Waals surface area contributed by atoms with Crippen molar-refractivity contribution in [2.45, 2.75) is 6.92 Å². The summed E-state index contributed by atoms with van der Waals surface area (Å²) in [6.07, 6.45) is 0. The fourth-order valence-electron chi connectivity index (χ4n) is 7.19. The molecule has 0 amide bonds. The molecular weight excluding hydrogens is 569 g/mol. The topological polar surface area (TPSA) is 20.2 Å². The van der Waals surface area contributed by atoms with Crippen LogP contribution < -0.4 is 21.1 Å². The van der Waals surface area contributed by atoms with Gasteiger partial charge in [-0.1, -0.05) is 109 Å². The molecule has 0 atom stereocenters. The van der Waals surface area contributed by atoms with Gasteiger partial charge in [-0.05, 0) is 84.2 Å². The first kappa shape index (κ1) is 27.3. The first-order chi connectivity index (χ1) is 23.2. The first-order valence-electron chi connectivity index (χ1n) is 16.1. The molecule has 0 fully saturated rings. The summed E-state index contributed by atoms with van der Waals surface area (Å²) in [4.78, 5) is 2.32. The highest BCUT2D eigenvalue weighted by molar-refractivity contribution is 6.73. The average molecular weight is 601 g/mol. The Morgan fingerprint density at radius 3 is 1.96 bits per heavy atom. The molecule has 0 spiro atoms. The lowest BCUT2D eigenvalue weighted by Crippen LogP contribution is -2.37. The SMILES string of the molecule is Cc1cc(-c2ccc(N(c3ccccc3)c3ccccc3)cc2Nc2ccccc2)c2c(c1)-n1c3ccccc3c3cccc(c31)[B]2. The quantitative estimate of drug-likeness (QED) is 0.192. The van der Waals surface area contributed by atoms with Crippen molar-refractivity contribution in [1.82, 2.24) is 4.57 Å². The second kappa shape index (κ2) is 11.1. The lowest BCUT2D eigenvalue weighted by molar-refractivity contribution is 1.18. The summed E-state index contributed by atoms with van der Waals surface area (Å²) in [5, 5.41) is 6.39. The van der Waals surface area contributed by atoms with E-state index in [2.05, 4.69) is 193 Å². The van der Waals surface area contributed by atoms with E-state index in [-0.39, 0.29) is 0 Å². The predicted octanol–water partition coefficient (Wildman–Crippen LogP) is 9.94. The summed E-state index contributed by atoms with van der Waals surface area (Å²) >= 11 is 0. The van der Waals surface area contributed by atoms with Gasteiger partial charge >= 0.3 is 0 Å². The van der Waals surface area contributed by atoms with E-state index in [0.717, 1.165) is 34.0 Å². The summed E-state index contributed by atoms with van der Waals surface area (Å²) in [6, 6.07) is 58.6. The van der Waals surface area contributed by atoms with Crippen LogP contribution in [0, 0.1) is 6.92 Å². The largest absolute Gasteiger partial charge is 0.355 e. The summed E-state index contributed by atoms with van der Waals surface area (Å²) in [6.45, 7) is 2.21. The molecule has 1 N–H and O–H groups in total. The maximum Gasteiger partial charge on any atom is 0.197 e. The van der Waals surface area contributed by atoms with Gasteiger partial charge in [-0.25, -0.2) is 0 Å². The summed E-state index contributed by atoms with van der Waals surface area (Å²) < 4.78 is 2.47. The normalized spacial score (nSPS) is 11.7. The Labute approximate surface area is 275 Å². The molecule has 0 saturated heterocycles. The van der Waals surface area contributed by atoms with E-state index in [4.69, 9.17) is 0 Å². The van der Waals surface area contributed by atoms with E-state index in [1.807, 2.05) is 0 Å². The lowest BCUT2D eigenvalue weighted by Gasteiger charge is -2.28. The molecule has 0 bridgehead atoms. The predicted molar refractivity (Wildman–Crippen MR) is 200 cm³/mol. The Balaban J connectivity index is 1.28. The van der Waals surface area contributed by atoms with E-state index < -0.39 is 0 Å².